The van der Waals surface area contributed by atoms with E-state index in [4.69, 9.17) is 9.47 Å². The monoisotopic (exact) mass is 320 g/mol. The summed E-state index contributed by atoms with van der Waals surface area (Å²) in [5.41, 5.74) is 1.90. The van der Waals surface area contributed by atoms with E-state index in [2.05, 4.69) is 23.4 Å². The minimum atomic E-state index is 0.495. The van der Waals surface area contributed by atoms with Crippen molar-refractivity contribution in [3.8, 4) is 11.5 Å². The van der Waals surface area contributed by atoms with Gasteiger partial charge in [0.05, 0.1) is 12.4 Å². The summed E-state index contributed by atoms with van der Waals surface area (Å²) in [6, 6.07) is 15.2. The first-order valence-corrected chi connectivity index (χ1v) is 7.56. The van der Waals surface area contributed by atoms with Crippen LogP contribution in [0.1, 0.15) is 11.1 Å². The normalized spacial score (nSPS) is 10.8. The Labute approximate surface area is 142 Å². The summed E-state index contributed by atoms with van der Waals surface area (Å²) in [4.78, 5) is 0. The Morgan fingerprint density at radius 3 is 1.38 bits per heavy atom. The van der Waals surface area contributed by atoms with Crippen molar-refractivity contribution < 1.29 is 9.47 Å². The zero-order valence-corrected chi connectivity index (χ0v) is 13.5. The van der Waals surface area contributed by atoms with Crippen molar-refractivity contribution in [1.29, 1.82) is 0 Å². The van der Waals surface area contributed by atoms with Crippen LogP contribution >= 0.6 is 0 Å². The molecule has 0 aromatic heterocycles. The SMILES string of the molecule is C=CCOc1ccc(/C=N\N=C/c2ccc(OCC=C)cc2)cc1. The number of nitrogens with zero attached hydrogens (tertiary/aromatic N) is 2. The van der Waals surface area contributed by atoms with Crippen LogP contribution in [0.2, 0.25) is 0 Å². The smallest absolute Gasteiger partial charge is 0.119 e. The van der Waals surface area contributed by atoms with Gasteiger partial charge in [-0.05, 0) is 59.7 Å². The molecular formula is C20H20N2O2. The molecule has 0 N–H and O–H groups in total. The Balaban J connectivity index is 1.87. The van der Waals surface area contributed by atoms with Crippen LogP contribution in [0.5, 0.6) is 11.5 Å². The molecule has 122 valence electrons. The molecule has 4 nitrogen and oxygen atoms in total. The maximum absolute atomic E-state index is 5.42. The summed E-state index contributed by atoms with van der Waals surface area (Å²) in [7, 11) is 0. The molecule has 4 heteroatoms. The maximum atomic E-state index is 5.42. The molecule has 0 heterocycles. The van der Waals surface area contributed by atoms with E-state index in [-0.39, 0.29) is 0 Å². The van der Waals surface area contributed by atoms with E-state index >= 15 is 0 Å². The van der Waals surface area contributed by atoms with E-state index < -0.39 is 0 Å². The minimum Gasteiger partial charge on any atom is -0.490 e. The molecule has 0 saturated carbocycles. The van der Waals surface area contributed by atoms with Gasteiger partial charge >= 0.3 is 0 Å². The Morgan fingerprint density at radius 1 is 0.667 bits per heavy atom. The van der Waals surface area contributed by atoms with Crippen LogP contribution in [0.4, 0.5) is 0 Å². The fourth-order valence-electron chi connectivity index (χ4n) is 1.81. The molecule has 0 aliphatic rings. The summed E-state index contributed by atoms with van der Waals surface area (Å²) in [5, 5.41) is 8.09. The van der Waals surface area contributed by atoms with Gasteiger partial charge in [-0.1, -0.05) is 25.3 Å². The van der Waals surface area contributed by atoms with E-state index in [0.29, 0.717) is 13.2 Å². The van der Waals surface area contributed by atoms with Crippen LogP contribution in [0, 0.1) is 0 Å². The molecule has 0 radical (unpaired) electrons. The molecule has 0 bridgehead atoms. The molecule has 0 aliphatic carbocycles. The molecule has 24 heavy (non-hydrogen) atoms. The standard InChI is InChI=1S/C20H20N2O2/c1-3-13-23-19-9-5-17(6-10-19)15-21-22-16-18-7-11-20(12-8-18)24-14-4-2/h3-12,15-16H,1-2,13-14H2/b21-15-,22-16-. The van der Waals surface area contributed by atoms with Gasteiger partial charge in [-0.25, -0.2) is 0 Å². The second kappa shape index (κ2) is 9.79. The highest BCUT2D eigenvalue weighted by Crippen LogP contribution is 2.12. The fraction of sp³-hybridized carbons (Fsp3) is 0.100. The van der Waals surface area contributed by atoms with E-state index in [1.165, 1.54) is 0 Å². The number of hydrogen-bond donors (Lipinski definition) is 0. The van der Waals surface area contributed by atoms with Gasteiger partial charge in [-0.15, -0.1) is 0 Å². The Bertz CT molecular complexity index is 638. The zero-order chi connectivity index (χ0) is 17.0. The van der Waals surface area contributed by atoms with Crippen molar-refractivity contribution in [2.24, 2.45) is 10.2 Å². The van der Waals surface area contributed by atoms with Crippen molar-refractivity contribution in [1.82, 2.24) is 0 Å². The first-order chi connectivity index (χ1) is 11.8. The number of ether oxygens (including phenoxy) is 2. The van der Waals surface area contributed by atoms with Crippen LogP contribution < -0.4 is 9.47 Å². The molecule has 0 saturated heterocycles. The average Bonchev–Trinajstić information content (AvgIpc) is 2.64. The lowest BCUT2D eigenvalue weighted by Gasteiger charge is -2.02. The summed E-state index contributed by atoms with van der Waals surface area (Å²) in [5.74, 6) is 1.60. The number of rotatable bonds is 9. The Kier molecular flexibility index (Phi) is 7.02. The summed E-state index contributed by atoms with van der Waals surface area (Å²) in [6.07, 6.45) is 6.80. The highest BCUT2D eigenvalue weighted by molar-refractivity contribution is 5.82. The maximum Gasteiger partial charge on any atom is 0.119 e. The average molecular weight is 320 g/mol. The van der Waals surface area contributed by atoms with Crippen molar-refractivity contribution in [2.75, 3.05) is 13.2 Å². The second-order valence-corrected chi connectivity index (χ2v) is 4.83. The topological polar surface area (TPSA) is 43.2 Å². The summed E-state index contributed by atoms with van der Waals surface area (Å²) < 4.78 is 10.8. The molecule has 0 spiro atoms. The quantitative estimate of drug-likeness (QED) is 0.393. The van der Waals surface area contributed by atoms with E-state index in [1.807, 2.05) is 48.5 Å². The zero-order valence-electron chi connectivity index (χ0n) is 13.5. The first kappa shape index (κ1) is 17.2. The van der Waals surface area contributed by atoms with E-state index in [0.717, 1.165) is 22.6 Å². The fourth-order valence-corrected chi connectivity index (χ4v) is 1.81. The van der Waals surface area contributed by atoms with Gasteiger partial charge in [-0.2, -0.15) is 10.2 Å². The highest BCUT2D eigenvalue weighted by atomic mass is 16.5. The van der Waals surface area contributed by atoms with Crippen LogP contribution in [-0.2, 0) is 0 Å². The Morgan fingerprint density at radius 2 is 1.04 bits per heavy atom. The van der Waals surface area contributed by atoms with Gasteiger partial charge in [0.15, 0.2) is 0 Å². The molecular weight excluding hydrogens is 300 g/mol. The lowest BCUT2D eigenvalue weighted by atomic mass is 10.2. The molecule has 0 aliphatic heterocycles. The van der Waals surface area contributed by atoms with Gasteiger partial charge in [-0.3, -0.25) is 0 Å². The van der Waals surface area contributed by atoms with Crippen molar-refractivity contribution in [3.63, 3.8) is 0 Å². The van der Waals surface area contributed by atoms with Crippen LogP contribution in [0.3, 0.4) is 0 Å². The van der Waals surface area contributed by atoms with Crippen molar-refractivity contribution >= 4 is 12.4 Å². The molecule has 0 atom stereocenters. The van der Waals surface area contributed by atoms with E-state index in [9.17, 15) is 0 Å². The molecule has 0 fully saturated rings. The predicted molar refractivity (Wildman–Crippen MR) is 99.5 cm³/mol. The van der Waals surface area contributed by atoms with Crippen LogP contribution in [0.25, 0.3) is 0 Å². The summed E-state index contributed by atoms with van der Waals surface area (Å²) in [6.45, 7) is 8.22. The van der Waals surface area contributed by atoms with Crippen LogP contribution in [-0.4, -0.2) is 25.6 Å². The highest BCUT2D eigenvalue weighted by Gasteiger charge is 1.93. The molecule has 2 aromatic rings. The largest absolute Gasteiger partial charge is 0.490 e. The lowest BCUT2D eigenvalue weighted by molar-refractivity contribution is 0.363. The lowest BCUT2D eigenvalue weighted by Crippen LogP contribution is -1.92. The number of hydrogen-bond acceptors (Lipinski definition) is 4. The van der Waals surface area contributed by atoms with Gasteiger partial charge in [0.25, 0.3) is 0 Å². The van der Waals surface area contributed by atoms with Gasteiger partial charge in [0.2, 0.25) is 0 Å². The minimum absolute atomic E-state index is 0.495. The van der Waals surface area contributed by atoms with Gasteiger partial charge in [0.1, 0.15) is 24.7 Å². The van der Waals surface area contributed by atoms with Crippen molar-refractivity contribution in [2.45, 2.75) is 0 Å². The second-order valence-electron chi connectivity index (χ2n) is 4.83. The van der Waals surface area contributed by atoms with Gasteiger partial charge < -0.3 is 9.47 Å². The number of benzene rings is 2. The molecule has 2 aromatic carbocycles. The summed E-state index contributed by atoms with van der Waals surface area (Å²) >= 11 is 0. The molecule has 2 rings (SSSR count). The molecule has 0 amide bonds. The Hall–Kier alpha value is -3.14. The van der Waals surface area contributed by atoms with Crippen LogP contribution in [0.15, 0.2) is 84.0 Å². The van der Waals surface area contributed by atoms with E-state index in [1.54, 1.807) is 24.6 Å². The molecule has 0 unspecified atom stereocenters. The third-order valence-electron chi connectivity index (χ3n) is 2.98. The third kappa shape index (κ3) is 5.93. The third-order valence-corrected chi connectivity index (χ3v) is 2.98. The predicted octanol–water partition coefficient (Wildman–Crippen LogP) is 4.27. The van der Waals surface area contributed by atoms with Crippen molar-refractivity contribution in [3.05, 3.63) is 85.0 Å². The van der Waals surface area contributed by atoms with Gasteiger partial charge in [0, 0.05) is 0 Å². The first-order valence-electron chi connectivity index (χ1n) is 7.56.